The molecule has 0 unspecified atom stereocenters. The SMILES string of the molecule is CCN(CCC(N)=NO)C(=O)N1CCC(C)CC1. The summed E-state index contributed by atoms with van der Waals surface area (Å²) in [5.41, 5.74) is 5.42. The Hall–Kier alpha value is -1.46. The van der Waals surface area contributed by atoms with Gasteiger partial charge in [-0.05, 0) is 25.7 Å². The largest absolute Gasteiger partial charge is 0.409 e. The van der Waals surface area contributed by atoms with Crippen LogP contribution in [0.5, 0.6) is 0 Å². The average molecular weight is 256 g/mol. The van der Waals surface area contributed by atoms with Crippen LogP contribution in [0.15, 0.2) is 5.16 Å². The highest BCUT2D eigenvalue weighted by Crippen LogP contribution is 2.17. The molecule has 6 heteroatoms. The quantitative estimate of drug-likeness (QED) is 0.344. The predicted molar refractivity (Wildman–Crippen MR) is 70.6 cm³/mol. The zero-order chi connectivity index (χ0) is 13.5. The predicted octanol–water partition coefficient (Wildman–Crippen LogP) is 1.30. The first-order chi connectivity index (χ1) is 8.58. The first-order valence-electron chi connectivity index (χ1n) is 6.58. The molecule has 6 nitrogen and oxygen atoms in total. The van der Waals surface area contributed by atoms with E-state index in [1.165, 1.54) is 0 Å². The highest BCUT2D eigenvalue weighted by atomic mass is 16.4. The first-order valence-corrected chi connectivity index (χ1v) is 6.58. The maximum atomic E-state index is 12.2. The van der Waals surface area contributed by atoms with Crippen LogP contribution < -0.4 is 5.73 Å². The van der Waals surface area contributed by atoms with E-state index in [0.717, 1.165) is 25.9 Å². The molecular weight excluding hydrogens is 232 g/mol. The fraction of sp³-hybridized carbons (Fsp3) is 0.833. The number of carbonyl (C=O) groups excluding carboxylic acids is 1. The highest BCUT2D eigenvalue weighted by Gasteiger charge is 2.23. The van der Waals surface area contributed by atoms with Crippen molar-refractivity contribution in [1.82, 2.24) is 9.80 Å². The standard InChI is InChI=1S/C12H24N4O2/c1-3-15(9-6-11(13)14-18)12(17)16-7-4-10(2)5-8-16/h10,18H,3-9H2,1-2H3,(H2,13,14). The minimum Gasteiger partial charge on any atom is -0.409 e. The molecule has 0 spiro atoms. The highest BCUT2D eigenvalue weighted by molar-refractivity contribution is 5.81. The molecule has 2 amide bonds. The van der Waals surface area contributed by atoms with Gasteiger partial charge in [-0.1, -0.05) is 12.1 Å². The molecule has 0 saturated carbocycles. The molecule has 1 aliphatic rings. The number of carbonyl (C=O) groups is 1. The van der Waals surface area contributed by atoms with Crippen molar-refractivity contribution < 1.29 is 10.0 Å². The molecule has 1 heterocycles. The van der Waals surface area contributed by atoms with Gasteiger partial charge in [0.15, 0.2) is 0 Å². The Bertz CT molecular complexity index is 298. The Kier molecular flexibility index (Phi) is 5.74. The first kappa shape index (κ1) is 14.6. The molecule has 0 radical (unpaired) electrons. The summed E-state index contributed by atoms with van der Waals surface area (Å²) in [5.74, 6) is 0.870. The topological polar surface area (TPSA) is 82.2 Å². The Morgan fingerprint density at radius 2 is 2.11 bits per heavy atom. The van der Waals surface area contributed by atoms with E-state index in [1.54, 1.807) is 4.90 Å². The Balaban J connectivity index is 2.46. The van der Waals surface area contributed by atoms with Gasteiger partial charge in [0.1, 0.15) is 5.84 Å². The third kappa shape index (κ3) is 4.09. The van der Waals surface area contributed by atoms with Gasteiger partial charge in [-0.2, -0.15) is 0 Å². The van der Waals surface area contributed by atoms with E-state index in [2.05, 4.69) is 12.1 Å². The van der Waals surface area contributed by atoms with E-state index in [1.807, 2.05) is 11.8 Å². The van der Waals surface area contributed by atoms with Crippen molar-refractivity contribution in [2.45, 2.75) is 33.1 Å². The Labute approximate surface area is 108 Å². The second-order valence-electron chi connectivity index (χ2n) is 4.87. The van der Waals surface area contributed by atoms with Crippen LogP contribution in [0.3, 0.4) is 0 Å². The van der Waals surface area contributed by atoms with Crippen LogP contribution in [0.25, 0.3) is 0 Å². The number of hydrogen-bond acceptors (Lipinski definition) is 3. The zero-order valence-corrected chi connectivity index (χ0v) is 11.3. The van der Waals surface area contributed by atoms with Crippen LogP contribution in [0.4, 0.5) is 4.79 Å². The average Bonchev–Trinajstić information content (AvgIpc) is 2.39. The lowest BCUT2D eigenvalue weighted by Crippen LogP contribution is -2.47. The summed E-state index contributed by atoms with van der Waals surface area (Å²) in [6.45, 7) is 6.97. The number of piperidine rings is 1. The van der Waals surface area contributed by atoms with Crippen molar-refractivity contribution >= 4 is 11.9 Å². The van der Waals surface area contributed by atoms with E-state index < -0.39 is 0 Å². The van der Waals surface area contributed by atoms with Crippen LogP contribution in [0.2, 0.25) is 0 Å². The molecule has 1 saturated heterocycles. The summed E-state index contributed by atoms with van der Waals surface area (Å²) in [6.07, 6.45) is 2.55. The van der Waals surface area contributed by atoms with E-state index in [-0.39, 0.29) is 11.9 Å². The van der Waals surface area contributed by atoms with Crippen LogP contribution in [-0.4, -0.2) is 53.1 Å². The van der Waals surface area contributed by atoms with Crippen molar-refractivity contribution in [1.29, 1.82) is 0 Å². The number of nitrogens with zero attached hydrogens (tertiary/aromatic N) is 3. The number of rotatable bonds is 4. The van der Waals surface area contributed by atoms with Gasteiger partial charge in [0.2, 0.25) is 0 Å². The van der Waals surface area contributed by atoms with Gasteiger partial charge in [-0.25, -0.2) is 4.79 Å². The molecule has 0 bridgehead atoms. The van der Waals surface area contributed by atoms with Gasteiger partial charge < -0.3 is 20.7 Å². The number of hydrogen-bond donors (Lipinski definition) is 2. The normalized spacial score (nSPS) is 17.9. The monoisotopic (exact) mass is 256 g/mol. The third-order valence-corrected chi connectivity index (χ3v) is 3.47. The third-order valence-electron chi connectivity index (χ3n) is 3.47. The Morgan fingerprint density at radius 3 is 2.61 bits per heavy atom. The number of nitrogens with two attached hydrogens (primary N) is 1. The van der Waals surface area contributed by atoms with E-state index >= 15 is 0 Å². The van der Waals surface area contributed by atoms with Crippen molar-refractivity contribution in [3.63, 3.8) is 0 Å². The van der Waals surface area contributed by atoms with Crippen molar-refractivity contribution in [3.05, 3.63) is 0 Å². The zero-order valence-electron chi connectivity index (χ0n) is 11.3. The summed E-state index contributed by atoms with van der Waals surface area (Å²) in [5, 5.41) is 11.4. The maximum Gasteiger partial charge on any atom is 0.320 e. The number of amidine groups is 1. The van der Waals surface area contributed by atoms with Gasteiger partial charge in [0.25, 0.3) is 0 Å². The van der Waals surface area contributed by atoms with Gasteiger partial charge in [-0.3, -0.25) is 0 Å². The van der Waals surface area contributed by atoms with E-state index in [4.69, 9.17) is 10.9 Å². The molecular formula is C12H24N4O2. The van der Waals surface area contributed by atoms with Crippen molar-refractivity contribution in [2.24, 2.45) is 16.8 Å². The Morgan fingerprint density at radius 1 is 1.50 bits per heavy atom. The minimum absolute atomic E-state index is 0.0649. The maximum absolute atomic E-state index is 12.2. The number of likely N-dealkylation sites (tertiary alicyclic amines) is 1. The molecule has 104 valence electrons. The number of urea groups is 1. The summed E-state index contributed by atoms with van der Waals surface area (Å²) in [4.78, 5) is 15.9. The van der Waals surface area contributed by atoms with Gasteiger partial charge in [0, 0.05) is 32.6 Å². The molecule has 1 rings (SSSR count). The second kappa shape index (κ2) is 7.08. The van der Waals surface area contributed by atoms with Crippen LogP contribution in [-0.2, 0) is 0 Å². The molecule has 0 atom stereocenters. The molecule has 0 aromatic rings. The number of amides is 2. The summed E-state index contributed by atoms with van der Waals surface area (Å²) in [6, 6.07) is 0.0649. The molecule has 1 fully saturated rings. The van der Waals surface area contributed by atoms with Crippen LogP contribution in [0.1, 0.15) is 33.1 Å². The van der Waals surface area contributed by atoms with E-state index in [0.29, 0.717) is 25.4 Å². The number of oxime groups is 1. The minimum atomic E-state index is 0.0649. The lowest BCUT2D eigenvalue weighted by atomic mass is 9.99. The van der Waals surface area contributed by atoms with Crippen molar-refractivity contribution in [3.8, 4) is 0 Å². The van der Waals surface area contributed by atoms with Crippen molar-refractivity contribution in [2.75, 3.05) is 26.2 Å². The van der Waals surface area contributed by atoms with Gasteiger partial charge in [-0.15, -0.1) is 0 Å². The molecule has 0 aromatic carbocycles. The summed E-state index contributed by atoms with van der Waals surface area (Å²) in [7, 11) is 0. The lowest BCUT2D eigenvalue weighted by molar-refractivity contribution is 0.137. The summed E-state index contributed by atoms with van der Waals surface area (Å²) >= 11 is 0. The fourth-order valence-corrected chi connectivity index (χ4v) is 2.09. The molecule has 18 heavy (non-hydrogen) atoms. The lowest BCUT2D eigenvalue weighted by Gasteiger charge is -2.34. The molecule has 0 aromatic heterocycles. The molecule has 3 N–H and O–H groups in total. The van der Waals surface area contributed by atoms with Gasteiger partial charge >= 0.3 is 6.03 Å². The van der Waals surface area contributed by atoms with Crippen LogP contribution >= 0.6 is 0 Å². The smallest absolute Gasteiger partial charge is 0.320 e. The summed E-state index contributed by atoms with van der Waals surface area (Å²) < 4.78 is 0. The fourth-order valence-electron chi connectivity index (χ4n) is 2.09. The van der Waals surface area contributed by atoms with Crippen LogP contribution in [0, 0.1) is 5.92 Å². The van der Waals surface area contributed by atoms with Gasteiger partial charge in [0.05, 0.1) is 0 Å². The molecule has 1 aliphatic heterocycles. The van der Waals surface area contributed by atoms with E-state index in [9.17, 15) is 4.79 Å². The molecule has 0 aliphatic carbocycles. The second-order valence-corrected chi connectivity index (χ2v) is 4.87.